The Morgan fingerprint density at radius 3 is 3.11 bits per heavy atom. The van der Waals surface area contributed by atoms with Crippen LogP contribution in [0.4, 0.5) is 0 Å². The molecule has 0 aromatic rings. The topological polar surface area (TPSA) is 67.2 Å². The third-order valence-electron chi connectivity index (χ3n) is 1.30. The molecule has 4 nitrogen and oxygen atoms in total. The molecule has 1 fully saturated rings. The zero-order chi connectivity index (χ0) is 6.69. The lowest BCUT2D eigenvalue weighted by atomic mass is 10.3. The molecule has 1 atom stereocenters. The van der Waals surface area contributed by atoms with Crippen LogP contribution in [0.1, 0.15) is 0 Å². The molecule has 0 radical (unpaired) electrons. The van der Waals surface area contributed by atoms with Crippen molar-refractivity contribution in [2.75, 3.05) is 19.6 Å². The Kier molecular flexibility index (Phi) is 2.02. The molecule has 0 aromatic carbocycles. The molecule has 4 heteroatoms. The van der Waals surface area contributed by atoms with Gasteiger partial charge in [-0.25, -0.2) is 0 Å². The van der Waals surface area contributed by atoms with E-state index in [9.17, 15) is 4.79 Å². The first-order valence-electron chi connectivity index (χ1n) is 3.05. The maximum absolute atomic E-state index is 10.7. The summed E-state index contributed by atoms with van der Waals surface area (Å²) in [5, 5.41) is 5.69. The standard InChI is InChI=1S/C5H11N3O/c6-4-3-7-1-2-8-5(4)9/h4,7H,1-3,6H2,(H,8,9). The van der Waals surface area contributed by atoms with Gasteiger partial charge in [0.15, 0.2) is 0 Å². The van der Waals surface area contributed by atoms with Crippen LogP contribution in [0.15, 0.2) is 0 Å². The van der Waals surface area contributed by atoms with Crippen LogP contribution < -0.4 is 16.4 Å². The van der Waals surface area contributed by atoms with E-state index in [0.717, 1.165) is 6.54 Å². The summed E-state index contributed by atoms with van der Waals surface area (Å²) >= 11 is 0. The lowest BCUT2D eigenvalue weighted by molar-refractivity contribution is -0.121. The summed E-state index contributed by atoms with van der Waals surface area (Å²) in [4.78, 5) is 10.7. The molecule has 0 bridgehead atoms. The molecular weight excluding hydrogens is 118 g/mol. The van der Waals surface area contributed by atoms with Crippen molar-refractivity contribution in [2.24, 2.45) is 5.73 Å². The molecule has 1 aliphatic rings. The van der Waals surface area contributed by atoms with E-state index in [1.807, 2.05) is 0 Å². The average Bonchev–Trinajstić information content (AvgIpc) is 1.99. The van der Waals surface area contributed by atoms with Crippen molar-refractivity contribution in [1.29, 1.82) is 0 Å². The van der Waals surface area contributed by atoms with E-state index in [4.69, 9.17) is 5.73 Å². The fourth-order valence-electron chi connectivity index (χ4n) is 0.755. The number of hydrogen-bond acceptors (Lipinski definition) is 3. The monoisotopic (exact) mass is 129 g/mol. The van der Waals surface area contributed by atoms with Crippen LogP contribution in [0.2, 0.25) is 0 Å². The van der Waals surface area contributed by atoms with Crippen molar-refractivity contribution in [3.05, 3.63) is 0 Å². The molecule has 1 aliphatic heterocycles. The van der Waals surface area contributed by atoms with Crippen molar-refractivity contribution < 1.29 is 4.79 Å². The Bertz CT molecular complexity index is 115. The number of hydrogen-bond donors (Lipinski definition) is 3. The minimum absolute atomic E-state index is 0.0556. The molecule has 0 aromatic heterocycles. The maximum Gasteiger partial charge on any atom is 0.238 e. The Morgan fingerprint density at radius 1 is 1.56 bits per heavy atom. The van der Waals surface area contributed by atoms with E-state index in [1.165, 1.54) is 0 Å². The largest absolute Gasteiger partial charge is 0.353 e. The normalized spacial score (nSPS) is 29.0. The summed E-state index contributed by atoms with van der Waals surface area (Å²) in [6, 6.07) is -0.368. The van der Waals surface area contributed by atoms with E-state index >= 15 is 0 Å². The van der Waals surface area contributed by atoms with Crippen molar-refractivity contribution in [2.45, 2.75) is 6.04 Å². The SMILES string of the molecule is NC1CNCCNC1=O. The fraction of sp³-hybridized carbons (Fsp3) is 0.800. The Balaban J connectivity index is 2.41. The van der Waals surface area contributed by atoms with Gasteiger partial charge in [-0.05, 0) is 0 Å². The van der Waals surface area contributed by atoms with Crippen molar-refractivity contribution in [3.8, 4) is 0 Å². The second-order valence-corrected chi connectivity index (χ2v) is 2.10. The van der Waals surface area contributed by atoms with Crippen molar-refractivity contribution >= 4 is 5.91 Å². The van der Waals surface area contributed by atoms with Crippen LogP contribution in [-0.2, 0) is 4.79 Å². The highest BCUT2D eigenvalue weighted by Gasteiger charge is 2.14. The van der Waals surface area contributed by atoms with Gasteiger partial charge >= 0.3 is 0 Å². The van der Waals surface area contributed by atoms with Crippen molar-refractivity contribution in [3.63, 3.8) is 0 Å². The summed E-state index contributed by atoms with van der Waals surface area (Å²) in [5.41, 5.74) is 5.40. The average molecular weight is 129 g/mol. The van der Waals surface area contributed by atoms with Crippen LogP contribution in [0.3, 0.4) is 0 Å². The molecule has 1 unspecified atom stereocenters. The third kappa shape index (κ3) is 1.65. The van der Waals surface area contributed by atoms with Crippen LogP contribution >= 0.6 is 0 Å². The number of carbonyl (C=O) groups is 1. The van der Waals surface area contributed by atoms with E-state index in [-0.39, 0.29) is 11.9 Å². The van der Waals surface area contributed by atoms with Gasteiger partial charge < -0.3 is 16.4 Å². The number of nitrogens with one attached hydrogen (secondary N) is 2. The molecule has 1 saturated heterocycles. The Morgan fingerprint density at radius 2 is 2.33 bits per heavy atom. The summed E-state index contributed by atoms with van der Waals surface area (Å²) in [6.45, 7) is 2.10. The van der Waals surface area contributed by atoms with Gasteiger partial charge in [-0.2, -0.15) is 0 Å². The lowest BCUT2D eigenvalue weighted by Crippen LogP contribution is -2.42. The predicted molar refractivity (Wildman–Crippen MR) is 33.9 cm³/mol. The summed E-state index contributed by atoms with van der Waals surface area (Å²) < 4.78 is 0. The zero-order valence-electron chi connectivity index (χ0n) is 5.18. The lowest BCUT2D eigenvalue weighted by Gasteiger charge is -2.03. The van der Waals surface area contributed by atoms with Gasteiger partial charge in [-0.15, -0.1) is 0 Å². The first kappa shape index (κ1) is 6.51. The number of rotatable bonds is 0. The predicted octanol–water partition coefficient (Wildman–Crippen LogP) is -1.97. The molecule has 0 aliphatic carbocycles. The first-order valence-corrected chi connectivity index (χ1v) is 3.05. The molecule has 0 saturated carbocycles. The highest BCUT2D eigenvalue weighted by Crippen LogP contribution is 1.79. The van der Waals surface area contributed by atoms with Crippen LogP contribution in [-0.4, -0.2) is 31.6 Å². The summed E-state index contributed by atoms with van der Waals surface area (Å²) in [7, 11) is 0. The van der Waals surface area contributed by atoms with Gasteiger partial charge in [-0.3, -0.25) is 4.79 Å². The molecular formula is C5H11N3O. The fourth-order valence-corrected chi connectivity index (χ4v) is 0.755. The van der Waals surface area contributed by atoms with Gasteiger partial charge in [0.2, 0.25) is 5.91 Å². The smallest absolute Gasteiger partial charge is 0.238 e. The van der Waals surface area contributed by atoms with Crippen LogP contribution in [0.5, 0.6) is 0 Å². The second-order valence-electron chi connectivity index (χ2n) is 2.10. The molecule has 1 heterocycles. The zero-order valence-corrected chi connectivity index (χ0v) is 5.18. The quantitative estimate of drug-likeness (QED) is 0.355. The highest BCUT2D eigenvalue weighted by atomic mass is 16.2. The molecule has 4 N–H and O–H groups in total. The minimum Gasteiger partial charge on any atom is -0.353 e. The van der Waals surface area contributed by atoms with Gasteiger partial charge in [0.1, 0.15) is 0 Å². The van der Waals surface area contributed by atoms with Gasteiger partial charge in [0.25, 0.3) is 0 Å². The van der Waals surface area contributed by atoms with E-state index in [2.05, 4.69) is 10.6 Å². The van der Waals surface area contributed by atoms with E-state index < -0.39 is 0 Å². The van der Waals surface area contributed by atoms with Crippen molar-refractivity contribution in [1.82, 2.24) is 10.6 Å². The van der Waals surface area contributed by atoms with Gasteiger partial charge in [0.05, 0.1) is 6.04 Å². The first-order chi connectivity index (χ1) is 4.30. The summed E-state index contributed by atoms with van der Waals surface area (Å²) in [6.07, 6.45) is 0. The minimum atomic E-state index is -0.368. The van der Waals surface area contributed by atoms with Gasteiger partial charge in [0, 0.05) is 19.6 Å². The van der Waals surface area contributed by atoms with Crippen LogP contribution in [0, 0.1) is 0 Å². The molecule has 9 heavy (non-hydrogen) atoms. The van der Waals surface area contributed by atoms with E-state index in [0.29, 0.717) is 13.1 Å². The number of carbonyl (C=O) groups excluding carboxylic acids is 1. The Hall–Kier alpha value is -0.610. The number of amides is 1. The number of nitrogens with two attached hydrogens (primary N) is 1. The van der Waals surface area contributed by atoms with E-state index in [1.54, 1.807) is 0 Å². The summed E-state index contributed by atoms with van der Waals surface area (Å²) in [5.74, 6) is -0.0556. The molecule has 0 spiro atoms. The van der Waals surface area contributed by atoms with Gasteiger partial charge in [-0.1, -0.05) is 0 Å². The molecule has 1 rings (SSSR count). The third-order valence-corrected chi connectivity index (χ3v) is 1.30. The second kappa shape index (κ2) is 2.80. The van der Waals surface area contributed by atoms with Crippen LogP contribution in [0.25, 0.3) is 0 Å². The highest BCUT2D eigenvalue weighted by molar-refractivity contribution is 5.81. The Labute approximate surface area is 53.8 Å². The molecule has 52 valence electrons. The maximum atomic E-state index is 10.7. The molecule has 1 amide bonds.